The number of hydrogen-bond acceptors (Lipinski definition) is 5. The Morgan fingerprint density at radius 2 is 1.80 bits per heavy atom. The molecule has 1 aromatic heterocycles. The van der Waals surface area contributed by atoms with Gasteiger partial charge in [0.2, 0.25) is 11.7 Å². The first kappa shape index (κ1) is 20.3. The van der Waals surface area contributed by atoms with E-state index in [2.05, 4.69) is 15.0 Å². The number of anilines is 1. The minimum Gasteiger partial charge on any atom is -0.369 e. The largest absolute Gasteiger partial charge is 0.416 e. The first-order chi connectivity index (χ1) is 14.3. The maximum atomic E-state index is 13.7. The van der Waals surface area contributed by atoms with Crippen LogP contribution in [0.2, 0.25) is 0 Å². The molecule has 1 aliphatic heterocycles. The van der Waals surface area contributed by atoms with Crippen LogP contribution in [-0.2, 0) is 12.7 Å². The Hall–Kier alpha value is -2.94. The summed E-state index contributed by atoms with van der Waals surface area (Å²) in [5, 5.41) is 3.92. The van der Waals surface area contributed by atoms with Crippen molar-refractivity contribution in [2.45, 2.75) is 19.6 Å². The van der Waals surface area contributed by atoms with E-state index in [0.717, 1.165) is 6.07 Å². The molecule has 158 valence electrons. The van der Waals surface area contributed by atoms with Gasteiger partial charge >= 0.3 is 6.18 Å². The summed E-state index contributed by atoms with van der Waals surface area (Å²) in [5.74, 6) is 0.412. The van der Waals surface area contributed by atoms with Crippen LogP contribution in [0.3, 0.4) is 0 Å². The Kier molecular flexibility index (Phi) is 5.46. The van der Waals surface area contributed by atoms with Crippen LogP contribution < -0.4 is 4.90 Å². The fourth-order valence-corrected chi connectivity index (χ4v) is 3.40. The van der Waals surface area contributed by atoms with E-state index < -0.39 is 11.7 Å². The Balaban J connectivity index is 1.36. The van der Waals surface area contributed by atoms with E-state index in [1.54, 1.807) is 25.1 Å². The van der Waals surface area contributed by atoms with Crippen molar-refractivity contribution in [3.63, 3.8) is 0 Å². The van der Waals surface area contributed by atoms with Crippen LogP contribution in [0.4, 0.5) is 23.2 Å². The summed E-state index contributed by atoms with van der Waals surface area (Å²) in [6.07, 6.45) is -4.35. The van der Waals surface area contributed by atoms with E-state index >= 15 is 0 Å². The molecule has 4 rings (SSSR count). The molecule has 0 saturated carbocycles. The van der Waals surface area contributed by atoms with E-state index in [0.29, 0.717) is 61.3 Å². The zero-order valence-corrected chi connectivity index (χ0v) is 16.3. The van der Waals surface area contributed by atoms with Crippen LogP contribution in [0.1, 0.15) is 17.0 Å². The molecule has 1 fully saturated rings. The van der Waals surface area contributed by atoms with Crippen molar-refractivity contribution in [1.82, 2.24) is 15.0 Å². The lowest BCUT2D eigenvalue weighted by Gasteiger charge is -2.35. The second kappa shape index (κ2) is 8.06. The van der Waals surface area contributed by atoms with Crippen molar-refractivity contribution < 1.29 is 22.1 Å². The van der Waals surface area contributed by atoms with E-state index in [9.17, 15) is 17.6 Å². The van der Waals surface area contributed by atoms with Gasteiger partial charge in [-0.25, -0.2) is 4.39 Å². The molecule has 5 nitrogen and oxygen atoms in total. The molecule has 30 heavy (non-hydrogen) atoms. The van der Waals surface area contributed by atoms with Gasteiger partial charge in [0, 0.05) is 37.4 Å². The lowest BCUT2D eigenvalue weighted by Crippen LogP contribution is -2.46. The molecule has 0 atom stereocenters. The zero-order valence-electron chi connectivity index (χ0n) is 16.3. The highest BCUT2D eigenvalue weighted by Gasteiger charge is 2.31. The molecule has 1 saturated heterocycles. The number of alkyl halides is 3. The molecule has 0 spiro atoms. The summed E-state index contributed by atoms with van der Waals surface area (Å²) in [5.41, 5.74) is 1.00. The monoisotopic (exact) mass is 420 g/mol. The molecule has 0 amide bonds. The van der Waals surface area contributed by atoms with E-state index in [1.165, 1.54) is 18.2 Å². The summed E-state index contributed by atoms with van der Waals surface area (Å²) < 4.78 is 57.8. The Bertz CT molecular complexity index is 1030. The van der Waals surface area contributed by atoms with Crippen LogP contribution in [-0.4, -0.2) is 41.2 Å². The number of nitrogens with zero attached hydrogens (tertiary/aromatic N) is 4. The molecular formula is C21H20F4N4O. The fourth-order valence-electron chi connectivity index (χ4n) is 3.40. The Labute approximate surface area is 170 Å². The minimum absolute atomic E-state index is 0.325. The van der Waals surface area contributed by atoms with E-state index in [1.807, 2.05) is 4.90 Å². The molecular weight excluding hydrogens is 400 g/mol. The van der Waals surface area contributed by atoms with Crippen LogP contribution in [0, 0.1) is 12.7 Å². The van der Waals surface area contributed by atoms with Crippen LogP contribution in [0.15, 0.2) is 47.0 Å². The average Bonchev–Trinajstić information content (AvgIpc) is 3.18. The molecule has 0 unspecified atom stereocenters. The maximum Gasteiger partial charge on any atom is 0.416 e. The van der Waals surface area contributed by atoms with Crippen LogP contribution in [0.5, 0.6) is 0 Å². The predicted molar refractivity (Wildman–Crippen MR) is 103 cm³/mol. The number of halogens is 4. The smallest absolute Gasteiger partial charge is 0.369 e. The summed E-state index contributed by atoms with van der Waals surface area (Å²) in [6.45, 7) is 4.58. The highest BCUT2D eigenvalue weighted by molar-refractivity contribution is 5.55. The fraction of sp³-hybridized carbons (Fsp3) is 0.333. The lowest BCUT2D eigenvalue weighted by atomic mass is 10.1. The average molecular weight is 420 g/mol. The highest BCUT2D eigenvalue weighted by atomic mass is 19.4. The second-order valence-corrected chi connectivity index (χ2v) is 7.29. The molecule has 0 N–H and O–H groups in total. The molecule has 9 heteroatoms. The number of aromatic nitrogens is 2. The third-order valence-corrected chi connectivity index (χ3v) is 5.17. The molecule has 0 radical (unpaired) electrons. The van der Waals surface area contributed by atoms with Gasteiger partial charge < -0.3 is 9.42 Å². The molecule has 2 heterocycles. The van der Waals surface area contributed by atoms with Gasteiger partial charge in [-0.3, -0.25) is 4.90 Å². The normalized spacial score (nSPS) is 15.6. The van der Waals surface area contributed by atoms with Crippen molar-refractivity contribution >= 4 is 5.69 Å². The summed E-state index contributed by atoms with van der Waals surface area (Å²) in [7, 11) is 0. The van der Waals surface area contributed by atoms with Gasteiger partial charge in [0.15, 0.2) is 0 Å². The third-order valence-electron chi connectivity index (χ3n) is 5.17. The first-order valence-corrected chi connectivity index (χ1v) is 9.53. The van der Waals surface area contributed by atoms with Crippen molar-refractivity contribution in [3.8, 4) is 11.4 Å². The molecule has 2 aromatic carbocycles. The number of piperazine rings is 1. The van der Waals surface area contributed by atoms with Crippen molar-refractivity contribution in [2.75, 3.05) is 31.1 Å². The second-order valence-electron chi connectivity index (χ2n) is 7.29. The molecule has 3 aromatic rings. The lowest BCUT2D eigenvalue weighted by molar-refractivity contribution is -0.137. The molecule has 0 bridgehead atoms. The highest BCUT2D eigenvalue weighted by Crippen LogP contribution is 2.32. The van der Waals surface area contributed by atoms with Gasteiger partial charge in [0.1, 0.15) is 5.82 Å². The van der Waals surface area contributed by atoms with E-state index in [-0.39, 0.29) is 5.82 Å². The van der Waals surface area contributed by atoms with Gasteiger partial charge in [0.05, 0.1) is 12.1 Å². The summed E-state index contributed by atoms with van der Waals surface area (Å²) in [6, 6.07) is 10.1. The number of benzene rings is 2. The quantitative estimate of drug-likeness (QED) is 0.581. The van der Waals surface area contributed by atoms with Gasteiger partial charge in [0.25, 0.3) is 0 Å². The van der Waals surface area contributed by atoms with Crippen molar-refractivity contribution in [2.24, 2.45) is 0 Å². The Morgan fingerprint density at radius 1 is 1.03 bits per heavy atom. The predicted octanol–water partition coefficient (Wildman–Crippen LogP) is 4.53. The number of rotatable bonds is 4. The summed E-state index contributed by atoms with van der Waals surface area (Å²) >= 11 is 0. The van der Waals surface area contributed by atoms with Gasteiger partial charge in [-0.1, -0.05) is 23.4 Å². The topological polar surface area (TPSA) is 45.4 Å². The minimum atomic E-state index is -4.35. The molecule has 0 aliphatic carbocycles. The third kappa shape index (κ3) is 4.46. The maximum absolute atomic E-state index is 13.7. The van der Waals surface area contributed by atoms with Crippen LogP contribution >= 0.6 is 0 Å². The standard InChI is InChI=1S/C21H20F4N4O/c1-14-5-6-15(11-18(14)22)20-26-19(30-27-20)13-28-7-9-29(10-8-28)17-4-2-3-16(12-17)21(23,24)25/h2-6,11-12H,7-10,13H2,1H3. The first-order valence-electron chi connectivity index (χ1n) is 9.53. The summed E-state index contributed by atoms with van der Waals surface area (Å²) in [4.78, 5) is 8.36. The zero-order chi connectivity index (χ0) is 21.3. The van der Waals surface area contributed by atoms with Crippen molar-refractivity contribution in [1.29, 1.82) is 0 Å². The number of aryl methyl sites for hydroxylation is 1. The van der Waals surface area contributed by atoms with Crippen LogP contribution in [0.25, 0.3) is 11.4 Å². The number of hydrogen-bond donors (Lipinski definition) is 0. The molecule has 1 aliphatic rings. The van der Waals surface area contributed by atoms with Gasteiger partial charge in [-0.2, -0.15) is 18.2 Å². The van der Waals surface area contributed by atoms with Gasteiger partial charge in [-0.15, -0.1) is 0 Å². The van der Waals surface area contributed by atoms with E-state index in [4.69, 9.17) is 4.52 Å². The van der Waals surface area contributed by atoms with Gasteiger partial charge in [-0.05, 0) is 36.8 Å². The van der Waals surface area contributed by atoms with Crippen molar-refractivity contribution in [3.05, 3.63) is 65.3 Å². The Morgan fingerprint density at radius 3 is 2.50 bits per heavy atom. The SMILES string of the molecule is Cc1ccc(-c2noc(CN3CCN(c4cccc(C(F)(F)F)c4)CC3)n2)cc1F.